The Balaban J connectivity index is 1.08. The van der Waals surface area contributed by atoms with Crippen molar-refractivity contribution in [2.45, 2.75) is 63.8 Å². The number of hydrogen-bond acceptors (Lipinski definition) is 9. The monoisotopic (exact) mass is 668 g/mol. The van der Waals surface area contributed by atoms with Crippen LogP contribution in [0.4, 0.5) is 13.2 Å². The summed E-state index contributed by atoms with van der Waals surface area (Å²) in [7, 11) is 1.65. The molecule has 1 aromatic carbocycles. The number of hydrogen-bond donors (Lipinski definition) is 1. The first kappa shape index (κ1) is 31.3. The number of pyridine rings is 2. The number of aromatic amines is 1. The van der Waals surface area contributed by atoms with Gasteiger partial charge in [-0.15, -0.1) is 0 Å². The number of nitrogens with zero attached hydrogens (tertiary/aromatic N) is 7. The molecule has 7 rings (SSSR count). The number of benzene rings is 1. The molecule has 5 aromatic rings. The molecule has 6 heterocycles. The van der Waals surface area contributed by atoms with Crippen LogP contribution in [0.5, 0.6) is 11.5 Å². The van der Waals surface area contributed by atoms with Gasteiger partial charge < -0.3 is 18.8 Å². The van der Waals surface area contributed by atoms with Crippen molar-refractivity contribution in [2.75, 3.05) is 20.2 Å². The number of nitrogens with one attached hydrogen (secondary N) is 1. The Morgan fingerprint density at radius 1 is 1.11 bits per heavy atom. The van der Waals surface area contributed by atoms with Crippen LogP contribution >= 0.6 is 11.6 Å². The van der Waals surface area contributed by atoms with Gasteiger partial charge in [-0.25, -0.2) is 9.97 Å². The molecule has 15 heteroatoms. The minimum atomic E-state index is -4.63. The van der Waals surface area contributed by atoms with Crippen LogP contribution in [0.1, 0.15) is 55.5 Å². The molecule has 2 atom stereocenters. The molecule has 0 spiro atoms. The highest BCUT2D eigenvalue weighted by molar-refractivity contribution is 6.30. The highest BCUT2D eigenvalue weighted by atomic mass is 35.5. The molecule has 1 unspecified atom stereocenters. The van der Waals surface area contributed by atoms with Crippen molar-refractivity contribution < 1.29 is 27.4 Å². The van der Waals surface area contributed by atoms with E-state index in [1.807, 2.05) is 37.1 Å². The van der Waals surface area contributed by atoms with Gasteiger partial charge in [-0.3, -0.25) is 20.0 Å². The molecule has 0 amide bonds. The van der Waals surface area contributed by atoms with E-state index in [2.05, 4.69) is 35.6 Å². The first-order valence-corrected chi connectivity index (χ1v) is 15.6. The van der Waals surface area contributed by atoms with Crippen LogP contribution in [-0.4, -0.2) is 65.9 Å². The van der Waals surface area contributed by atoms with Gasteiger partial charge in [0, 0.05) is 25.8 Å². The summed E-state index contributed by atoms with van der Waals surface area (Å²) in [6.45, 7) is 6.60. The maximum Gasteiger partial charge on any atom is 0.451 e. The maximum atomic E-state index is 13.1. The molecule has 0 bridgehead atoms. The van der Waals surface area contributed by atoms with Crippen LogP contribution in [-0.2, 0) is 29.8 Å². The first-order valence-electron chi connectivity index (χ1n) is 15.2. The zero-order valence-electron chi connectivity index (χ0n) is 25.9. The molecule has 0 radical (unpaired) electrons. The van der Waals surface area contributed by atoms with Crippen molar-refractivity contribution in [1.29, 1.82) is 0 Å². The lowest BCUT2D eigenvalue weighted by Crippen LogP contribution is -2.34. The number of halogens is 4. The number of fused-ring (bicyclic) bond motifs is 2. The van der Waals surface area contributed by atoms with E-state index in [9.17, 15) is 13.2 Å². The average Bonchev–Trinajstić information content (AvgIpc) is 3.77. The lowest BCUT2D eigenvalue weighted by atomic mass is 9.88. The highest BCUT2D eigenvalue weighted by Crippen LogP contribution is 2.49. The summed E-state index contributed by atoms with van der Waals surface area (Å²) in [5.41, 5.74) is 3.30. The van der Waals surface area contributed by atoms with Gasteiger partial charge in [0.05, 0.1) is 41.4 Å². The van der Waals surface area contributed by atoms with E-state index >= 15 is 0 Å². The fourth-order valence-electron chi connectivity index (χ4n) is 6.18. The molecule has 1 fully saturated rings. The molecule has 47 heavy (non-hydrogen) atoms. The maximum absolute atomic E-state index is 13.1. The summed E-state index contributed by atoms with van der Waals surface area (Å²) >= 11 is 6.04. The number of aromatic nitrogens is 7. The zero-order valence-corrected chi connectivity index (χ0v) is 26.6. The Bertz CT molecular complexity index is 1910. The van der Waals surface area contributed by atoms with Gasteiger partial charge in [-0.05, 0) is 63.0 Å². The first-order chi connectivity index (χ1) is 22.5. The van der Waals surface area contributed by atoms with Gasteiger partial charge >= 0.3 is 6.18 Å². The molecule has 246 valence electrons. The molecule has 0 saturated carbocycles. The van der Waals surface area contributed by atoms with E-state index in [4.69, 9.17) is 30.8 Å². The van der Waals surface area contributed by atoms with Crippen LogP contribution in [0, 0.1) is 0 Å². The van der Waals surface area contributed by atoms with Crippen molar-refractivity contribution in [3.05, 3.63) is 76.7 Å². The Hall–Kier alpha value is -4.27. The third-order valence-corrected chi connectivity index (χ3v) is 8.96. The Morgan fingerprint density at radius 3 is 2.62 bits per heavy atom. The predicted octanol–water partition coefficient (Wildman–Crippen LogP) is 6.34. The van der Waals surface area contributed by atoms with E-state index in [-0.39, 0.29) is 23.5 Å². The topological polar surface area (TPSA) is 116 Å². The van der Waals surface area contributed by atoms with Crippen molar-refractivity contribution in [2.24, 2.45) is 0 Å². The standard InChI is InChI=1S/C32H32ClF3N8O3/c1-18(45-3)16-44-24-15-37-23(29-40-30(42-41-29)32(34,35)36)13-22(24)39-27(44)17-43-11-9-19(10-12-43)21-5-4-6-25-28(21)47-31(2,46-25)26-8-7-20(33)14-38-26/h4-8,13-15,18-19H,9-12,16-17H2,1-3H3,(H,40,41,42)/t18?,31-/m0/s1. The second-order valence-corrected chi connectivity index (χ2v) is 12.4. The molecule has 2 aliphatic heterocycles. The second kappa shape index (κ2) is 12.1. The molecule has 1 saturated heterocycles. The number of alkyl halides is 3. The second-order valence-electron chi connectivity index (χ2n) is 12.0. The van der Waals surface area contributed by atoms with Crippen molar-refractivity contribution in [3.8, 4) is 23.0 Å². The number of piperidine rings is 1. The lowest BCUT2D eigenvalue weighted by molar-refractivity contribution is -0.144. The van der Waals surface area contributed by atoms with E-state index in [1.165, 1.54) is 0 Å². The minimum Gasteiger partial charge on any atom is -0.443 e. The number of ether oxygens (including phenoxy) is 3. The molecule has 2 aliphatic rings. The SMILES string of the molecule is COC(C)Cn1c(CN2CCC(c3cccc4c3O[C@@](C)(c3ccc(Cl)cn3)O4)CC2)nc2cc(-c3n[nH]c(C(F)(F)F)n3)ncc21. The van der Waals surface area contributed by atoms with E-state index in [0.29, 0.717) is 35.1 Å². The zero-order chi connectivity index (χ0) is 32.9. The van der Waals surface area contributed by atoms with Crippen LogP contribution < -0.4 is 9.47 Å². The van der Waals surface area contributed by atoms with Crippen LogP contribution in [0.2, 0.25) is 5.02 Å². The largest absolute Gasteiger partial charge is 0.451 e. The Morgan fingerprint density at radius 2 is 1.91 bits per heavy atom. The van der Waals surface area contributed by atoms with E-state index < -0.39 is 17.8 Å². The van der Waals surface area contributed by atoms with Gasteiger partial charge in [0.2, 0.25) is 5.82 Å². The smallest absolute Gasteiger partial charge is 0.443 e. The summed E-state index contributed by atoms with van der Waals surface area (Å²) in [5, 5.41) is 6.20. The summed E-state index contributed by atoms with van der Waals surface area (Å²) in [6, 6.07) is 11.2. The highest BCUT2D eigenvalue weighted by Gasteiger charge is 2.42. The fourth-order valence-corrected chi connectivity index (χ4v) is 6.29. The van der Waals surface area contributed by atoms with Crippen LogP contribution in [0.25, 0.3) is 22.6 Å². The number of likely N-dealkylation sites (tertiary alicyclic amines) is 1. The van der Waals surface area contributed by atoms with Gasteiger partial charge in [0.25, 0.3) is 5.79 Å². The molecule has 4 aromatic heterocycles. The number of rotatable bonds is 8. The third-order valence-electron chi connectivity index (χ3n) is 8.73. The Labute approximate surface area is 273 Å². The van der Waals surface area contributed by atoms with Crippen molar-refractivity contribution in [1.82, 2.24) is 39.6 Å². The molecular formula is C32H32ClF3N8O3. The third kappa shape index (κ3) is 6.12. The number of H-pyrrole nitrogens is 1. The fraction of sp³-hybridized carbons (Fsp3) is 0.406. The van der Waals surface area contributed by atoms with E-state index in [1.54, 1.807) is 31.6 Å². The quantitative estimate of drug-likeness (QED) is 0.202. The normalized spacial score (nSPS) is 19.5. The molecule has 1 N–H and O–H groups in total. The number of methoxy groups -OCH3 is 1. The van der Waals surface area contributed by atoms with Crippen molar-refractivity contribution in [3.63, 3.8) is 0 Å². The Kier molecular flexibility index (Phi) is 8.05. The summed E-state index contributed by atoms with van der Waals surface area (Å²) < 4.78 is 59.6. The summed E-state index contributed by atoms with van der Waals surface area (Å²) in [4.78, 5) is 19.6. The lowest BCUT2D eigenvalue weighted by Gasteiger charge is -2.32. The van der Waals surface area contributed by atoms with Crippen LogP contribution in [0.3, 0.4) is 0 Å². The number of imidazole rings is 1. The molecule has 11 nitrogen and oxygen atoms in total. The summed E-state index contributed by atoms with van der Waals surface area (Å²) in [6.07, 6.45) is 0.257. The number of para-hydroxylation sites is 1. The predicted molar refractivity (Wildman–Crippen MR) is 166 cm³/mol. The van der Waals surface area contributed by atoms with Gasteiger partial charge in [0.1, 0.15) is 17.2 Å². The summed E-state index contributed by atoms with van der Waals surface area (Å²) in [5.74, 6) is 0.155. The average molecular weight is 669 g/mol. The van der Waals surface area contributed by atoms with Gasteiger partial charge in [0.15, 0.2) is 17.3 Å². The van der Waals surface area contributed by atoms with Gasteiger partial charge in [-0.2, -0.15) is 18.3 Å². The van der Waals surface area contributed by atoms with E-state index in [0.717, 1.165) is 48.6 Å². The molecular weight excluding hydrogens is 637 g/mol. The van der Waals surface area contributed by atoms with Crippen molar-refractivity contribution >= 4 is 22.6 Å². The molecule has 0 aliphatic carbocycles. The van der Waals surface area contributed by atoms with Gasteiger partial charge in [-0.1, -0.05) is 23.7 Å². The van der Waals surface area contributed by atoms with Crippen LogP contribution in [0.15, 0.2) is 48.8 Å². The minimum absolute atomic E-state index is 0.102.